The van der Waals surface area contributed by atoms with Crippen molar-refractivity contribution in [2.24, 2.45) is 11.8 Å². The molecule has 2 atom stereocenters. The first kappa shape index (κ1) is 20.2. The largest absolute Gasteiger partial charge is 0.362 e. The lowest BCUT2D eigenvalue weighted by molar-refractivity contribution is -0.124. The highest BCUT2D eigenvalue weighted by Gasteiger charge is 2.34. The fourth-order valence-electron chi connectivity index (χ4n) is 3.76. The van der Waals surface area contributed by atoms with E-state index >= 15 is 0 Å². The van der Waals surface area contributed by atoms with E-state index in [0.717, 1.165) is 9.54 Å². The monoisotopic (exact) mass is 426 g/mol. The molecule has 0 aliphatic heterocycles. The number of hydrogen-bond donors (Lipinski definition) is 1. The number of nitrogens with one attached hydrogen (secondary N) is 1. The summed E-state index contributed by atoms with van der Waals surface area (Å²) in [5, 5.41) is 2.94. The van der Waals surface area contributed by atoms with E-state index in [1.54, 1.807) is 30.3 Å². The second-order valence-electron chi connectivity index (χ2n) is 7.74. The minimum absolute atomic E-state index is 0.0326. The third-order valence-corrected chi connectivity index (χ3v) is 7.16. The molecule has 2 heterocycles. The first-order chi connectivity index (χ1) is 14.3. The Bertz CT molecular complexity index is 1230. The minimum atomic E-state index is -3.79. The zero-order valence-corrected chi connectivity index (χ0v) is 17.5. The Labute approximate surface area is 174 Å². The fourth-order valence-corrected chi connectivity index (χ4v) is 5.06. The molecule has 2 aromatic heterocycles. The summed E-state index contributed by atoms with van der Waals surface area (Å²) in [6.07, 6.45) is 3.57. The van der Waals surface area contributed by atoms with Crippen LogP contribution < -0.4 is 5.32 Å². The van der Waals surface area contributed by atoms with Gasteiger partial charge in [-0.15, -0.1) is 0 Å². The molecule has 1 N–H and O–H groups in total. The molecule has 8 nitrogen and oxygen atoms in total. The van der Waals surface area contributed by atoms with Crippen LogP contribution in [0, 0.1) is 18.8 Å². The lowest BCUT2D eigenvalue weighted by Crippen LogP contribution is -2.25. The molecule has 0 radical (unpaired) electrons. The number of aromatic nitrogens is 3. The second kappa shape index (κ2) is 7.64. The lowest BCUT2D eigenvalue weighted by atomic mass is 9.93. The van der Waals surface area contributed by atoms with Crippen LogP contribution in [0.1, 0.15) is 25.3 Å². The molecule has 1 fully saturated rings. The van der Waals surface area contributed by atoms with Gasteiger partial charge in [-0.25, -0.2) is 22.4 Å². The van der Waals surface area contributed by atoms with Crippen LogP contribution >= 0.6 is 0 Å². The number of nitrogens with zero attached hydrogens (tertiary/aromatic N) is 3. The van der Waals surface area contributed by atoms with Crippen molar-refractivity contribution in [1.82, 2.24) is 13.9 Å². The maximum absolute atomic E-state index is 12.9. The minimum Gasteiger partial charge on any atom is -0.362 e. The van der Waals surface area contributed by atoms with Crippen molar-refractivity contribution in [2.75, 3.05) is 11.9 Å². The summed E-state index contributed by atoms with van der Waals surface area (Å²) in [7, 11) is -3.79. The van der Waals surface area contributed by atoms with Gasteiger partial charge in [-0.2, -0.15) is 0 Å². The van der Waals surface area contributed by atoms with E-state index in [4.69, 9.17) is 0 Å². The molecule has 0 unspecified atom stereocenters. The Morgan fingerprint density at radius 3 is 2.60 bits per heavy atom. The quantitative estimate of drug-likeness (QED) is 0.645. The number of carbonyl (C=O) groups excluding carboxylic acids is 2. The molecule has 1 saturated carbocycles. The maximum atomic E-state index is 12.9. The smallest absolute Gasteiger partial charge is 0.269 e. The number of benzene rings is 1. The predicted octanol–water partition coefficient (Wildman–Crippen LogP) is 2.57. The maximum Gasteiger partial charge on any atom is 0.269 e. The highest BCUT2D eigenvalue weighted by molar-refractivity contribution is 7.90. The molecule has 3 aromatic rings. The lowest BCUT2D eigenvalue weighted by Gasteiger charge is -2.13. The van der Waals surface area contributed by atoms with Gasteiger partial charge in [0, 0.05) is 25.0 Å². The van der Waals surface area contributed by atoms with E-state index < -0.39 is 10.0 Å². The van der Waals surface area contributed by atoms with Gasteiger partial charge in [0.15, 0.2) is 11.4 Å². The number of ketones is 2. The Balaban J connectivity index is 1.53. The molecule has 30 heavy (non-hydrogen) atoms. The number of Topliss-reactive ketones (excluding diaryl/α,β-unsaturated/α-hetero) is 2. The Hall–Kier alpha value is -3.07. The second-order valence-corrected chi connectivity index (χ2v) is 9.56. The van der Waals surface area contributed by atoms with Gasteiger partial charge in [0.25, 0.3) is 10.0 Å². The van der Waals surface area contributed by atoms with Crippen molar-refractivity contribution in [1.29, 1.82) is 0 Å². The number of anilines is 1. The van der Waals surface area contributed by atoms with Gasteiger partial charge in [0.05, 0.1) is 17.6 Å². The topological polar surface area (TPSA) is 111 Å². The van der Waals surface area contributed by atoms with Crippen LogP contribution in [0.4, 0.5) is 5.82 Å². The third kappa shape index (κ3) is 3.72. The summed E-state index contributed by atoms with van der Waals surface area (Å²) >= 11 is 0. The van der Waals surface area contributed by atoms with Crippen molar-refractivity contribution in [3.05, 3.63) is 48.3 Å². The van der Waals surface area contributed by atoms with Crippen LogP contribution in [0.5, 0.6) is 0 Å². The van der Waals surface area contributed by atoms with Gasteiger partial charge >= 0.3 is 0 Å². The molecular formula is C21H22N4O4S. The average molecular weight is 426 g/mol. The Kier molecular flexibility index (Phi) is 5.15. The van der Waals surface area contributed by atoms with Crippen LogP contribution in [0.2, 0.25) is 0 Å². The van der Waals surface area contributed by atoms with Crippen LogP contribution in [0.3, 0.4) is 0 Å². The molecule has 0 saturated heterocycles. The standard InChI is InChI=1S/C21H22N4O4S/c1-13-3-5-16(6-4-13)30(28,29)25-8-7-18-21(25)23-12-20(24-18)22-11-19(27)17-10-15(26)9-14(17)2/h3-8,12,14,17H,9-11H2,1-2H3,(H,22,24)/t14-,17+/m1/s1. The van der Waals surface area contributed by atoms with Gasteiger partial charge in [-0.3, -0.25) is 9.59 Å². The average Bonchev–Trinajstić information content (AvgIpc) is 3.29. The van der Waals surface area contributed by atoms with Gasteiger partial charge < -0.3 is 5.32 Å². The van der Waals surface area contributed by atoms with Crippen molar-refractivity contribution >= 4 is 38.6 Å². The van der Waals surface area contributed by atoms with Gasteiger partial charge in [-0.1, -0.05) is 24.6 Å². The number of aryl methyl sites for hydroxylation is 1. The Morgan fingerprint density at radius 1 is 1.20 bits per heavy atom. The van der Waals surface area contributed by atoms with E-state index in [1.807, 2.05) is 13.8 Å². The summed E-state index contributed by atoms with van der Waals surface area (Å²) in [5.74, 6) is 0.259. The molecule has 1 aromatic carbocycles. The number of hydrogen-bond acceptors (Lipinski definition) is 7. The summed E-state index contributed by atoms with van der Waals surface area (Å²) < 4.78 is 27.0. The molecule has 0 spiro atoms. The highest BCUT2D eigenvalue weighted by Crippen LogP contribution is 2.29. The summed E-state index contributed by atoms with van der Waals surface area (Å²) in [6.45, 7) is 3.85. The summed E-state index contributed by atoms with van der Waals surface area (Å²) in [6, 6.07) is 8.16. The van der Waals surface area contributed by atoms with Crippen molar-refractivity contribution in [2.45, 2.75) is 31.6 Å². The van der Waals surface area contributed by atoms with Gasteiger partial charge in [0.1, 0.15) is 17.1 Å². The summed E-state index contributed by atoms with van der Waals surface area (Å²) in [5.41, 5.74) is 1.57. The molecule has 0 bridgehead atoms. The SMILES string of the molecule is Cc1ccc(S(=O)(=O)n2ccc3nc(NCC(=O)[C@H]4CC(=O)C[C@H]4C)cnc32)cc1. The van der Waals surface area contributed by atoms with E-state index in [-0.39, 0.29) is 40.5 Å². The fraction of sp³-hybridized carbons (Fsp3) is 0.333. The zero-order valence-electron chi connectivity index (χ0n) is 16.7. The highest BCUT2D eigenvalue weighted by atomic mass is 32.2. The molecule has 4 rings (SSSR count). The molecule has 9 heteroatoms. The van der Waals surface area contributed by atoms with E-state index in [9.17, 15) is 18.0 Å². The van der Waals surface area contributed by atoms with Gasteiger partial charge in [0.2, 0.25) is 0 Å². The van der Waals surface area contributed by atoms with Crippen LogP contribution in [-0.2, 0) is 19.6 Å². The molecular weight excluding hydrogens is 404 g/mol. The normalized spacial score (nSPS) is 19.3. The van der Waals surface area contributed by atoms with Crippen molar-refractivity contribution in [3.63, 3.8) is 0 Å². The zero-order chi connectivity index (χ0) is 21.5. The number of rotatable bonds is 6. The van der Waals surface area contributed by atoms with Crippen molar-refractivity contribution < 1.29 is 18.0 Å². The molecule has 0 amide bonds. The first-order valence-electron chi connectivity index (χ1n) is 9.70. The number of carbonyl (C=O) groups is 2. The molecule has 1 aliphatic rings. The predicted molar refractivity (Wildman–Crippen MR) is 112 cm³/mol. The van der Waals surface area contributed by atoms with E-state index in [2.05, 4.69) is 15.3 Å². The first-order valence-corrected chi connectivity index (χ1v) is 11.1. The van der Waals surface area contributed by atoms with Gasteiger partial charge in [-0.05, 0) is 31.0 Å². The Morgan fingerprint density at radius 2 is 1.93 bits per heavy atom. The summed E-state index contributed by atoms with van der Waals surface area (Å²) in [4.78, 5) is 32.7. The number of fused-ring (bicyclic) bond motifs is 1. The van der Waals surface area contributed by atoms with E-state index in [0.29, 0.717) is 24.2 Å². The molecule has 1 aliphatic carbocycles. The van der Waals surface area contributed by atoms with Crippen LogP contribution in [-0.4, -0.2) is 40.5 Å². The third-order valence-electron chi connectivity index (χ3n) is 5.47. The van der Waals surface area contributed by atoms with E-state index in [1.165, 1.54) is 12.4 Å². The van der Waals surface area contributed by atoms with Crippen molar-refractivity contribution in [3.8, 4) is 0 Å². The van der Waals surface area contributed by atoms with Crippen LogP contribution in [0.25, 0.3) is 11.2 Å². The van der Waals surface area contributed by atoms with Crippen LogP contribution in [0.15, 0.2) is 47.6 Å². The molecule has 156 valence electrons.